The standard InChI is InChI=1S/C22H22F4O4/c1-20(2)10-14-15(22(24,25)26)7-5-12(18(14)30-20)11-29-17-8-6-13(9-16(17)23)21(3,4)19(27)28/h5-9H,10-11H2,1-4H3,(H,27,28). The SMILES string of the molecule is CC1(C)Cc2c(C(F)(F)F)ccc(COc3ccc(C(C)(C)C(=O)O)cc3F)c2O1. The molecule has 0 saturated heterocycles. The summed E-state index contributed by atoms with van der Waals surface area (Å²) in [5.41, 5.74) is -2.13. The fourth-order valence-electron chi connectivity index (χ4n) is 3.38. The maximum atomic E-state index is 14.5. The van der Waals surface area contributed by atoms with Gasteiger partial charge in [0.05, 0.1) is 11.0 Å². The molecule has 1 heterocycles. The second-order valence-electron chi connectivity index (χ2n) is 8.48. The van der Waals surface area contributed by atoms with Gasteiger partial charge in [-0.05, 0) is 51.5 Å². The Balaban J connectivity index is 1.87. The minimum absolute atomic E-state index is 0.0626. The summed E-state index contributed by atoms with van der Waals surface area (Å²) in [6.07, 6.45) is -4.41. The summed E-state index contributed by atoms with van der Waals surface area (Å²) >= 11 is 0. The molecule has 0 spiro atoms. The topological polar surface area (TPSA) is 55.8 Å². The molecule has 8 heteroatoms. The molecule has 3 rings (SSSR count). The Morgan fingerprint density at radius 2 is 1.87 bits per heavy atom. The number of hydrogen-bond donors (Lipinski definition) is 1. The number of carbonyl (C=O) groups is 1. The Kier molecular flexibility index (Phi) is 5.25. The van der Waals surface area contributed by atoms with Crippen LogP contribution in [0.25, 0.3) is 0 Å². The molecule has 1 aliphatic heterocycles. The van der Waals surface area contributed by atoms with E-state index in [9.17, 15) is 27.5 Å². The van der Waals surface area contributed by atoms with E-state index in [2.05, 4.69) is 0 Å². The number of alkyl halides is 3. The van der Waals surface area contributed by atoms with Crippen LogP contribution in [0, 0.1) is 5.82 Å². The summed E-state index contributed by atoms with van der Waals surface area (Å²) in [5.74, 6) is -1.88. The lowest BCUT2D eigenvalue weighted by atomic mass is 9.85. The average molecular weight is 426 g/mol. The average Bonchev–Trinajstić information content (AvgIpc) is 2.94. The minimum Gasteiger partial charge on any atom is -0.487 e. The number of hydrogen-bond acceptors (Lipinski definition) is 3. The Morgan fingerprint density at radius 3 is 2.43 bits per heavy atom. The molecule has 0 fully saturated rings. The van der Waals surface area contributed by atoms with Crippen LogP contribution in [0.4, 0.5) is 17.6 Å². The van der Waals surface area contributed by atoms with E-state index in [4.69, 9.17) is 9.47 Å². The van der Waals surface area contributed by atoms with Gasteiger partial charge in [-0.25, -0.2) is 4.39 Å². The van der Waals surface area contributed by atoms with Crippen molar-refractivity contribution in [2.24, 2.45) is 0 Å². The van der Waals surface area contributed by atoms with Gasteiger partial charge in [0.2, 0.25) is 0 Å². The van der Waals surface area contributed by atoms with Crippen LogP contribution in [0.1, 0.15) is 49.9 Å². The van der Waals surface area contributed by atoms with Crippen molar-refractivity contribution in [3.8, 4) is 11.5 Å². The number of halogens is 4. The summed E-state index contributed by atoms with van der Waals surface area (Å²) in [5, 5.41) is 9.27. The van der Waals surface area contributed by atoms with Crippen molar-refractivity contribution < 1.29 is 36.9 Å². The number of carboxylic acid groups (broad SMARTS) is 1. The largest absolute Gasteiger partial charge is 0.487 e. The molecule has 2 aromatic rings. The fourth-order valence-corrected chi connectivity index (χ4v) is 3.38. The van der Waals surface area contributed by atoms with E-state index in [-0.39, 0.29) is 35.7 Å². The maximum absolute atomic E-state index is 14.5. The van der Waals surface area contributed by atoms with E-state index >= 15 is 0 Å². The van der Waals surface area contributed by atoms with Gasteiger partial charge in [0.1, 0.15) is 18.0 Å². The smallest absolute Gasteiger partial charge is 0.416 e. The van der Waals surface area contributed by atoms with Crippen molar-refractivity contribution in [1.29, 1.82) is 0 Å². The molecule has 162 valence electrons. The Hall–Kier alpha value is -2.77. The van der Waals surface area contributed by atoms with Gasteiger partial charge in [0, 0.05) is 17.5 Å². The number of aliphatic carboxylic acids is 1. The zero-order chi connectivity index (χ0) is 22.5. The first-order chi connectivity index (χ1) is 13.7. The molecule has 2 aromatic carbocycles. The van der Waals surface area contributed by atoms with Crippen molar-refractivity contribution in [2.75, 3.05) is 0 Å². The van der Waals surface area contributed by atoms with Crippen molar-refractivity contribution >= 4 is 5.97 Å². The number of carboxylic acids is 1. The zero-order valence-electron chi connectivity index (χ0n) is 17.0. The molecular weight excluding hydrogens is 404 g/mol. The van der Waals surface area contributed by atoms with Crippen molar-refractivity contribution in [2.45, 2.75) is 57.9 Å². The van der Waals surface area contributed by atoms with E-state index in [1.54, 1.807) is 13.8 Å². The van der Waals surface area contributed by atoms with Crippen molar-refractivity contribution in [1.82, 2.24) is 0 Å². The van der Waals surface area contributed by atoms with Crippen LogP contribution in [0.15, 0.2) is 30.3 Å². The van der Waals surface area contributed by atoms with E-state index in [1.165, 1.54) is 32.0 Å². The highest BCUT2D eigenvalue weighted by Crippen LogP contribution is 2.45. The third-order valence-corrected chi connectivity index (χ3v) is 5.20. The summed E-state index contributed by atoms with van der Waals surface area (Å²) in [6.45, 7) is 6.10. The predicted octanol–water partition coefficient (Wildman–Crippen LogP) is 5.50. The molecule has 1 N–H and O–H groups in total. The summed E-state index contributed by atoms with van der Waals surface area (Å²) in [6, 6.07) is 6.09. The van der Waals surface area contributed by atoms with Gasteiger partial charge in [-0.2, -0.15) is 13.2 Å². The van der Waals surface area contributed by atoms with Gasteiger partial charge in [0.25, 0.3) is 0 Å². The second kappa shape index (κ2) is 7.18. The maximum Gasteiger partial charge on any atom is 0.416 e. The predicted molar refractivity (Wildman–Crippen MR) is 101 cm³/mol. The number of fused-ring (bicyclic) bond motifs is 1. The molecule has 0 unspecified atom stereocenters. The summed E-state index contributed by atoms with van der Waals surface area (Å²) in [7, 11) is 0. The lowest BCUT2D eigenvalue weighted by Crippen LogP contribution is -2.28. The summed E-state index contributed by atoms with van der Waals surface area (Å²) < 4.78 is 65.7. The summed E-state index contributed by atoms with van der Waals surface area (Å²) in [4.78, 5) is 11.3. The third-order valence-electron chi connectivity index (χ3n) is 5.20. The Bertz CT molecular complexity index is 993. The third kappa shape index (κ3) is 4.08. The molecule has 4 nitrogen and oxygen atoms in total. The molecule has 30 heavy (non-hydrogen) atoms. The van der Waals surface area contributed by atoms with Crippen LogP contribution >= 0.6 is 0 Å². The first-order valence-corrected chi connectivity index (χ1v) is 9.29. The van der Waals surface area contributed by atoms with Crippen molar-refractivity contribution in [3.05, 3.63) is 58.4 Å². The van der Waals surface area contributed by atoms with E-state index in [1.807, 2.05) is 0 Å². The monoisotopic (exact) mass is 426 g/mol. The molecule has 0 radical (unpaired) electrons. The molecular formula is C22H22F4O4. The van der Waals surface area contributed by atoms with E-state index < -0.39 is 34.5 Å². The molecule has 0 aromatic heterocycles. The van der Waals surface area contributed by atoms with Gasteiger partial charge in [-0.15, -0.1) is 0 Å². The van der Waals surface area contributed by atoms with E-state index in [0.717, 1.165) is 12.1 Å². The number of rotatable bonds is 5. The molecule has 0 atom stereocenters. The van der Waals surface area contributed by atoms with Gasteiger partial charge >= 0.3 is 12.1 Å². The highest BCUT2D eigenvalue weighted by atomic mass is 19.4. The molecule has 0 bridgehead atoms. The van der Waals surface area contributed by atoms with Crippen molar-refractivity contribution in [3.63, 3.8) is 0 Å². The Labute approximate surface area is 171 Å². The highest BCUT2D eigenvalue weighted by molar-refractivity contribution is 5.80. The highest BCUT2D eigenvalue weighted by Gasteiger charge is 2.41. The van der Waals surface area contributed by atoms with Gasteiger partial charge in [-0.3, -0.25) is 4.79 Å². The van der Waals surface area contributed by atoms with Crippen LogP contribution in [-0.2, 0) is 29.4 Å². The van der Waals surface area contributed by atoms with Crippen LogP contribution in [0.2, 0.25) is 0 Å². The first kappa shape index (κ1) is 21.9. The van der Waals surface area contributed by atoms with Crippen LogP contribution < -0.4 is 9.47 Å². The van der Waals surface area contributed by atoms with Crippen LogP contribution in [-0.4, -0.2) is 16.7 Å². The lowest BCUT2D eigenvalue weighted by Gasteiger charge is -2.20. The fraction of sp³-hybridized carbons (Fsp3) is 0.409. The zero-order valence-corrected chi connectivity index (χ0v) is 17.0. The Morgan fingerprint density at radius 1 is 1.20 bits per heavy atom. The van der Waals surface area contributed by atoms with E-state index in [0.29, 0.717) is 5.56 Å². The van der Waals surface area contributed by atoms with Crippen LogP contribution in [0.3, 0.4) is 0 Å². The van der Waals surface area contributed by atoms with Gasteiger partial charge < -0.3 is 14.6 Å². The minimum atomic E-state index is -4.51. The number of benzene rings is 2. The lowest BCUT2D eigenvalue weighted by molar-refractivity contribution is -0.142. The quantitative estimate of drug-likeness (QED) is 0.642. The van der Waals surface area contributed by atoms with Gasteiger partial charge in [-0.1, -0.05) is 12.1 Å². The molecule has 0 saturated carbocycles. The number of ether oxygens (including phenoxy) is 2. The molecule has 0 aliphatic carbocycles. The first-order valence-electron chi connectivity index (χ1n) is 9.29. The molecule has 1 aliphatic rings. The second-order valence-corrected chi connectivity index (χ2v) is 8.48. The van der Waals surface area contributed by atoms with Gasteiger partial charge in [0.15, 0.2) is 11.6 Å². The van der Waals surface area contributed by atoms with Crippen LogP contribution in [0.5, 0.6) is 11.5 Å². The normalized spacial score (nSPS) is 15.5. The molecule has 0 amide bonds.